The van der Waals surface area contributed by atoms with Crippen LogP contribution in [-0.2, 0) is 0 Å². The van der Waals surface area contributed by atoms with Crippen LogP contribution in [0.1, 0.15) is 0 Å². The molecule has 0 spiro atoms. The lowest BCUT2D eigenvalue weighted by molar-refractivity contribution is 1.36. The molecule has 0 aliphatic carbocycles. The molecule has 0 radical (unpaired) electrons. The van der Waals surface area contributed by atoms with Gasteiger partial charge in [-0.2, -0.15) is 0 Å². The fourth-order valence-corrected chi connectivity index (χ4v) is 7.21. The van der Waals surface area contributed by atoms with Gasteiger partial charge in [0.05, 0.1) is 0 Å². The van der Waals surface area contributed by atoms with Crippen LogP contribution in [-0.4, -0.2) is 4.98 Å². The molecule has 0 unspecified atom stereocenters. The average Bonchev–Trinajstić information content (AvgIpc) is 3.05. The van der Waals surface area contributed by atoms with Gasteiger partial charge in [-0.05, 0) is 78.2 Å². The maximum Gasteiger partial charge on any atom is 0.0353 e. The highest BCUT2D eigenvalue weighted by molar-refractivity contribution is 7.99. The number of benzene rings is 7. The third-order valence-electron chi connectivity index (χ3n) is 8.01. The minimum absolute atomic E-state index is 1.18. The van der Waals surface area contributed by atoms with Crippen LogP contribution < -0.4 is 0 Å². The summed E-state index contributed by atoms with van der Waals surface area (Å²) < 4.78 is 0. The summed E-state index contributed by atoms with van der Waals surface area (Å²) in [6.07, 6.45) is 3.95. The van der Waals surface area contributed by atoms with Crippen LogP contribution in [0.15, 0.2) is 162 Å². The summed E-state index contributed by atoms with van der Waals surface area (Å²) in [7, 11) is 0. The lowest BCUT2D eigenvalue weighted by Gasteiger charge is -2.18. The Labute approximate surface area is 243 Å². The lowest BCUT2D eigenvalue weighted by atomic mass is 9.90. The van der Waals surface area contributed by atoms with Gasteiger partial charge in [-0.1, -0.05) is 133 Å². The molecular formula is C39H25NS. The molecule has 0 aliphatic heterocycles. The Morgan fingerprint density at radius 2 is 0.976 bits per heavy atom. The van der Waals surface area contributed by atoms with E-state index in [4.69, 9.17) is 0 Å². The third kappa shape index (κ3) is 4.07. The van der Waals surface area contributed by atoms with E-state index < -0.39 is 0 Å². The molecule has 0 saturated heterocycles. The van der Waals surface area contributed by atoms with Crippen molar-refractivity contribution in [3.8, 4) is 22.3 Å². The van der Waals surface area contributed by atoms with Gasteiger partial charge in [-0.25, -0.2) is 0 Å². The second-order valence-electron chi connectivity index (χ2n) is 10.4. The van der Waals surface area contributed by atoms with Gasteiger partial charge in [0.1, 0.15) is 0 Å². The van der Waals surface area contributed by atoms with E-state index in [0.29, 0.717) is 0 Å². The van der Waals surface area contributed by atoms with Crippen molar-refractivity contribution in [2.75, 3.05) is 0 Å². The van der Waals surface area contributed by atoms with Crippen LogP contribution in [0, 0.1) is 0 Å². The lowest BCUT2D eigenvalue weighted by Crippen LogP contribution is -1.91. The van der Waals surface area contributed by atoms with Crippen molar-refractivity contribution in [2.45, 2.75) is 9.79 Å². The maximum absolute atomic E-state index is 4.59. The normalized spacial score (nSPS) is 11.5. The zero-order chi connectivity index (χ0) is 27.2. The molecule has 1 heterocycles. The Hall–Kier alpha value is -4.92. The van der Waals surface area contributed by atoms with E-state index in [1.54, 1.807) is 0 Å². The Bertz CT molecular complexity index is 2160. The number of fused-ring (bicyclic) bond motifs is 4. The van der Waals surface area contributed by atoms with E-state index in [9.17, 15) is 0 Å². The van der Waals surface area contributed by atoms with E-state index in [1.807, 2.05) is 24.2 Å². The van der Waals surface area contributed by atoms with Gasteiger partial charge in [0.2, 0.25) is 0 Å². The zero-order valence-electron chi connectivity index (χ0n) is 22.3. The van der Waals surface area contributed by atoms with Crippen molar-refractivity contribution in [2.24, 2.45) is 0 Å². The average molecular weight is 540 g/mol. The first-order chi connectivity index (χ1) is 20.3. The summed E-state index contributed by atoms with van der Waals surface area (Å²) in [4.78, 5) is 7.08. The summed E-state index contributed by atoms with van der Waals surface area (Å²) in [6, 6.07) is 50.4. The molecular weight excluding hydrogens is 515 g/mol. The highest BCUT2D eigenvalue weighted by Crippen LogP contribution is 2.46. The van der Waals surface area contributed by atoms with Gasteiger partial charge in [0.25, 0.3) is 0 Å². The standard InChI is InChI=1S/C39H25NS/c1-3-13-30-26(9-1)11-7-17-31(30)28-19-21-29(22-20-28)41-39-35-16-6-5-15-34(35)38(37-25-40-24-23-36(37)39)33-18-8-12-27-10-2-4-14-32(27)33/h1-25H. The molecule has 2 heteroatoms. The first-order valence-corrected chi connectivity index (χ1v) is 14.7. The highest BCUT2D eigenvalue weighted by atomic mass is 32.2. The monoisotopic (exact) mass is 539 g/mol. The molecule has 1 nitrogen and oxygen atoms in total. The van der Waals surface area contributed by atoms with Crippen LogP contribution in [0.2, 0.25) is 0 Å². The van der Waals surface area contributed by atoms with Crippen molar-refractivity contribution < 1.29 is 0 Å². The first-order valence-electron chi connectivity index (χ1n) is 13.9. The molecule has 0 bridgehead atoms. The molecule has 0 fully saturated rings. The SMILES string of the molecule is c1ccc2c(-c3ccc(Sc4c5ccccc5c(-c5cccc6ccccc56)c5cnccc45)cc3)cccc2c1. The summed E-state index contributed by atoms with van der Waals surface area (Å²) in [5, 5.41) is 9.97. The Morgan fingerprint density at radius 3 is 1.71 bits per heavy atom. The van der Waals surface area contributed by atoms with E-state index in [-0.39, 0.29) is 0 Å². The van der Waals surface area contributed by atoms with Gasteiger partial charge in [0.15, 0.2) is 0 Å². The predicted molar refractivity (Wildman–Crippen MR) is 176 cm³/mol. The minimum Gasteiger partial charge on any atom is -0.264 e. The topological polar surface area (TPSA) is 12.9 Å². The van der Waals surface area contributed by atoms with Gasteiger partial charge in [-0.15, -0.1) is 0 Å². The van der Waals surface area contributed by atoms with Crippen LogP contribution in [0.3, 0.4) is 0 Å². The second kappa shape index (κ2) is 9.92. The molecule has 0 amide bonds. The van der Waals surface area contributed by atoms with Crippen molar-refractivity contribution in [3.05, 3.63) is 152 Å². The van der Waals surface area contributed by atoms with Crippen LogP contribution in [0.4, 0.5) is 0 Å². The molecule has 0 aliphatic rings. The third-order valence-corrected chi connectivity index (χ3v) is 9.16. The molecule has 0 atom stereocenters. The number of hydrogen-bond acceptors (Lipinski definition) is 2. The van der Waals surface area contributed by atoms with Crippen molar-refractivity contribution >= 4 is 54.9 Å². The summed E-state index contributed by atoms with van der Waals surface area (Å²) in [5.74, 6) is 0. The summed E-state index contributed by atoms with van der Waals surface area (Å²) in [6.45, 7) is 0. The quantitative estimate of drug-likeness (QED) is 0.206. The van der Waals surface area contributed by atoms with Crippen LogP contribution >= 0.6 is 11.8 Å². The molecule has 0 N–H and O–H groups in total. The first kappa shape index (κ1) is 23.9. The van der Waals surface area contributed by atoms with E-state index >= 15 is 0 Å². The van der Waals surface area contributed by atoms with Gasteiger partial charge >= 0.3 is 0 Å². The fourth-order valence-electron chi connectivity index (χ4n) is 6.12. The molecule has 8 rings (SSSR count). The predicted octanol–water partition coefficient (Wildman–Crippen LogP) is 11.2. The van der Waals surface area contributed by atoms with E-state index in [2.05, 4.69) is 145 Å². The Morgan fingerprint density at radius 1 is 0.415 bits per heavy atom. The minimum atomic E-state index is 1.18. The molecule has 7 aromatic carbocycles. The highest BCUT2D eigenvalue weighted by Gasteiger charge is 2.18. The molecule has 0 saturated carbocycles. The number of rotatable bonds is 4. The van der Waals surface area contributed by atoms with Crippen molar-refractivity contribution in [1.82, 2.24) is 4.98 Å². The molecule has 8 aromatic rings. The Kier molecular flexibility index (Phi) is 5.79. The van der Waals surface area contributed by atoms with Gasteiger partial charge < -0.3 is 0 Å². The van der Waals surface area contributed by atoms with Crippen LogP contribution in [0.5, 0.6) is 0 Å². The molecule has 1 aromatic heterocycles. The van der Waals surface area contributed by atoms with Crippen LogP contribution in [0.25, 0.3) is 65.3 Å². The summed E-state index contributed by atoms with van der Waals surface area (Å²) >= 11 is 1.83. The second-order valence-corrected chi connectivity index (χ2v) is 11.4. The van der Waals surface area contributed by atoms with E-state index in [1.165, 1.54) is 75.1 Å². The summed E-state index contributed by atoms with van der Waals surface area (Å²) in [5.41, 5.74) is 4.99. The van der Waals surface area contributed by atoms with E-state index in [0.717, 1.165) is 0 Å². The largest absolute Gasteiger partial charge is 0.264 e. The Balaban J connectivity index is 1.29. The maximum atomic E-state index is 4.59. The molecule has 41 heavy (non-hydrogen) atoms. The number of hydrogen-bond donors (Lipinski definition) is 0. The van der Waals surface area contributed by atoms with Crippen molar-refractivity contribution in [1.29, 1.82) is 0 Å². The molecule has 192 valence electrons. The fraction of sp³-hybridized carbons (Fsp3) is 0. The number of aromatic nitrogens is 1. The number of nitrogens with zero attached hydrogens (tertiary/aromatic N) is 1. The smallest absolute Gasteiger partial charge is 0.0353 e. The zero-order valence-corrected chi connectivity index (χ0v) is 23.1. The van der Waals surface area contributed by atoms with Gasteiger partial charge in [0, 0.05) is 27.6 Å². The van der Waals surface area contributed by atoms with Gasteiger partial charge in [-0.3, -0.25) is 4.98 Å². The number of pyridine rings is 1. The van der Waals surface area contributed by atoms with Crippen molar-refractivity contribution in [3.63, 3.8) is 0 Å².